The molecule has 132 valence electrons. The Morgan fingerprint density at radius 1 is 1.39 bits per heavy atom. The van der Waals surface area contributed by atoms with Crippen LogP contribution in [0.3, 0.4) is 0 Å². The molecule has 3 aliphatic rings. The van der Waals surface area contributed by atoms with Crippen LogP contribution in [0.15, 0.2) is 0 Å². The third kappa shape index (κ3) is 2.68. The van der Waals surface area contributed by atoms with Crippen molar-refractivity contribution in [2.45, 2.75) is 39.9 Å². The molecule has 1 spiro atoms. The maximum Gasteiger partial charge on any atom is 0.465 e. The van der Waals surface area contributed by atoms with Gasteiger partial charge < -0.3 is 9.84 Å². The van der Waals surface area contributed by atoms with E-state index in [4.69, 9.17) is 9.29 Å². The van der Waals surface area contributed by atoms with Gasteiger partial charge in [-0.25, -0.2) is 4.79 Å². The third-order valence-electron chi connectivity index (χ3n) is 4.71. The van der Waals surface area contributed by atoms with Gasteiger partial charge in [-0.3, -0.25) is 4.55 Å². The van der Waals surface area contributed by atoms with E-state index in [0.717, 1.165) is 19.3 Å². The van der Waals surface area contributed by atoms with Gasteiger partial charge in [0.1, 0.15) is 10.2 Å². The Bertz CT molecular complexity index is 612. The van der Waals surface area contributed by atoms with E-state index in [9.17, 15) is 27.1 Å². The summed E-state index contributed by atoms with van der Waals surface area (Å²) in [7, 11) is -5.87. The molecule has 2 aliphatic carbocycles. The zero-order valence-corrected chi connectivity index (χ0v) is 14.3. The van der Waals surface area contributed by atoms with Gasteiger partial charge in [-0.1, -0.05) is 0 Å². The Balaban J connectivity index is 1.83. The van der Waals surface area contributed by atoms with Crippen molar-refractivity contribution in [2.75, 3.05) is 12.4 Å². The number of carbonyl (C=O) groups is 1. The lowest BCUT2D eigenvalue weighted by Crippen LogP contribution is -2.48. The van der Waals surface area contributed by atoms with Crippen molar-refractivity contribution in [3.8, 4) is 0 Å². The van der Waals surface area contributed by atoms with Crippen molar-refractivity contribution in [1.82, 2.24) is 0 Å². The summed E-state index contributed by atoms with van der Waals surface area (Å²) < 4.78 is 61.2. The van der Waals surface area contributed by atoms with Crippen molar-refractivity contribution in [3.63, 3.8) is 0 Å². The molecule has 23 heavy (non-hydrogen) atoms. The van der Waals surface area contributed by atoms with E-state index in [1.165, 1.54) is 23.5 Å². The number of aliphatic hydroxyl groups excluding tert-OH is 1. The number of esters is 1. The lowest BCUT2D eigenvalue weighted by atomic mass is 9.96. The quantitative estimate of drug-likeness (QED) is 0.548. The average molecular weight is 390 g/mol. The zero-order chi connectivity index (χ0) is 17.0. The van der Waals surface area contributed by atoms with Crippen LogP contribution in [-0.4, -0.2) is 57.1 Å². The second-order valence-electron chi connectivity index (χ2n) is 6.04. The molecule has 1 aliphatic heterocycles. The molecule has 0 aromatic carbocycles. The number of aliphatic hydroxyl groups is 1. The Morgan fingerprint density at radius 2 is 2.09 bits per heavy atom. The summed E-state index contributed by atoms with van der Waals surface area (Å²) >= 11 is 2.92. The SMILES string of the molecule is O=C(OC1C2CCC(C2)C12SCC(CO)S2)C(F)(F)S(=O)(=O)O. The highest BCUT2D eigenvalue weighted by atomic mass is 32.2. The van der Waals surface area contributed by atoms with Crippen LogP contribution in [0.5, 0.6) is 0 Å². The maximum atomic E-state index is 13.5. The summed E-state index contributed by atoms with van der Waals surface area (Å²) in [5, 5.41) is 4.27. The molecule has 2 N–H and O–H groups in total. The summed E-state index contributed by atoms with van der Waals surface area (Å²) in [6, 6.07) is 0. The predicted molar refractivity (Wildman–Crippen MR) is 80.9 cm³/mol. The van der Waals surface area contributed by atoms with Gasteiger partial charge in [0.2, 0.25) is 0 Å². The second-order valence-corrected chi connectivity index (χ2v) is 10.6. The first kappa shape index (κ1) is 17.7. The van der Waals surface area contributed by atoms with Gasteiger partial charge >= 0.3 is 21.3 Å². The number of rotatable bonds is 4. The van der Waals surface area contributed by atoms with Crippen LogP contribution in [0.1, 0.15) is 19.3 Å². The molecule has 1 heterocycles. The van der Waals surface area contributed by atoms with Gasteiger partial charge in [0.05, 0.1) is 6.61 Å². The van der Waals surface area contributed by atoms with Crippen molar-refractivity contribution >= 4 is 39.6 Å². The minimum atomic E-state index is -5.87. The first-order chi connectivity index (χ1) is 10.6. The molecule has 0 aromatic heterocycles. The fourth-order valence-corrected chi connectivity index (χ4v) is 8.09. The minimum absolute atomic E-state index is 0.0569. The van der Waals surface area contributed by atoms with E-state index in [1.54, 1.807) is 0 Å². The van der Waals surface area contributed by atoms with E-state index in [-0.39, 0.29) is 23.7 Å². The van der Waals surface area contributed by atoms with Crippen molar-refractivity contribution in [1.29, 1.82) is 0 Å². The van der Waals surface area contributed by atoms with Crippen LogP contribution in [0.4, 0.5) is 8.78 Å². The predicted octanol–water partition coefficient (Wildman–Crippen LogP) is 1.35. The summed E-state index contributed by atoms with van der Waals surface area (Å²) in [5.74, 6) is -1.53. The van der Waals surface area contributed by atoms with Gasteiger partial charge in [0.25, 0.3) is 0 Å². The topological polar surface area (TPSA) is 101 Å². The second kappa shape index (κ2) is 5.72. The standard InChI is InChI=1S/C12H16F2O6S3/c13-12(14,23(17,18)19)10(16)20-9-6-1-2-7(3-6)11(9)21-5-8(4-15)22-11/h6-9,15H,1-5H2,(H,17,18,19). The lowest BCUT2D eigenvalue weighted by molar-refractivity contribution is -0.169. The van der Waals surface area contributed by atoms with Gasteiger partial charge in [0, 0.05) is 11.0 Å². The van der Waals surface area contributed by atoms with Crippen molar-refractivity contribution in [3.05, 3.63) is 0 Å². The van der Waals surface area contributed by atoms with E-state index in [2.05, 4.69) is 0 Å². The van der Waals surface area contributed by atoms with Crippen molar-refractivity contribution in [2.24, 2.45) is 11.8 Å². The van der Waals surface area contributed by atoms with Crippen molar-refractivity contribution < 1.29 is 36.4 Å². The number of alkyl halides is 2. The Kier molecular flexibility index (Phi) is 4.40. The summed E-state index contributed by atoms with van der Waals surface area (Å²) in [6.07, 6.45) is 1.51. The van der Waals surface area contributed by atoms with E-state index in [0.29, 0.717) is 5.75 Å². The van der Waals surface area contributed by atoms with Crippen LogP contribution in [-0.2, 0) is 19.6 Å². The molecule has 0 radical (unpaired) electrons. The highest BCUT2D eigenvalue weighted by Gasteiger charge is 2.65. The maximum absolute atomic E-state index is 13.5. The summed E-state index contributed by atoms with van der Waals surface area (Å²) in [4.78, 5) is 11.7. The molecule has 5 unspecified atom stereocenters. The Morgan fingerprint density at radius 3 is 2.65 bits per heavy atom. The van der Waals surface area contributed by atoms with Gasteiger partial charge in [-0.05, 0) is 31.1 Å². The van der Waals surface area contributed by atoms with Crippen LogP contribution in [0, 0.1) is 11.8 Å². The monoisotopic (exact) mass is 390 g/mol. The number of halogens is 2. The van der Waals surface area contributed by atoms with Crippen LogP contribution >= 0.6 is 23.5 Å². The van der Waals surface area contributed by atoms with Gasteiger partial charge in [0.15, 0.2) is 0 Å². The zero-order valence-electron chi connectivity index (χ0n) is 11.9. The largest absolute Gasteiger partial charge is 0.465 e. The average Bonchev–Trinajstić information content (AvgIpc) is 3.15. The molecular weight excluding hydrogens is 374 g/mol. The first-order valence-electron chi connectivity index (χ1n) is 7.10. The molecule has 11 heteroatoms. The number of hydrogen-bond donors (Lipinski definition) is 2. The highest BCUT2D eigenvalue weighted by molar-refractivity contribution is 8.21. The highest BCUT2D eigenvalue weighted by Crippen LogP contribution is 2.67. The van der Waals surface area contributed by atoms with Gasteiger partial charge in [-0.15, -0.1) is 23.5 Å². The molecule has 5 atom stereocenters. The fourth-order valence-electron chi connectivity index (χ4n) is 3.69. The molecule has 0 aromatic rings. The van der Waals surface area contributed by atoms with Gasteiger partial charge in [-0.2, -0.15) is 17.2 Å². The number of fused-ring (bicyclic) bond motifs is 3. The number of ether oxygens (including phenoxy) is 1. The molecule has 3 rings (SSSR count). The molecule has 3 fully saturated rings. The minimum Gasteiger partial charge on any atom is -0.454 e. The van der Waals surface area contributed by atoms with Crippen LogP contribution in [0.25, 0.3) is 0 Å². The fraction of sp³-hybridized carbons (Fsp3) is 0.917. The molecule has 0 amide bonds. The molecule has 1 saturated heterocycles. The number of hydrogen-bond acceptors (Lipinski definition) is 7. The Labute approximate surface area is 140 Å². The molecule has 6 nitrogen and oxygen atoms in total. The molecular formula is C12H16F2O6S3. The molecule has 2 saturated carbocycles. The number of carbonyl (C=O) groups excluding carboxylic acids is 1. The Hall–Kier alpha value is -0.100. The number of thioether (sulfide) groups is 2. The molecule has 2 bridgehead atoms. The smallest absolute Gasteiger partial charge is 0.454 e. The summed E-state index contributed by atoms with van der Waals surface area (Å²) in [6.45, 7) is -0.0569. The van der Waals surface area contributed by atoms with E-state index in [1.807, 2.05) is 0 Å². The van der Waals surface area contributed by atoms with Crippen LogP contribution < -0.4 is 0 Å². The lowest BCUT2D eigenvalue weighted by Gasteiger charge is -2.39. The normalized spacial score (nSPS) is 40.0. The van der Waals surface area contributed by atoms with E-state index >= 15 is 0 Å². The third-order valence-corrected chi connectivity index (χ3v) is 9.55. The van der Waals surface area contributed by atoms with E-state index < -0.39 is 31.5 Å². The first-order valence-corrected chi connectivity index (χ1v) is 10.4. The summed E-state index contributed by atoms with van der Waals surface area (Å²) in [5.41, 5.74) is 0. The van der Waals surface area contributed by atoms with Crippen LogP contribution in [0.2, 0.25) is 0 Å².